The monoisotopic (exact) mass is 325 g/mol. The molecule has 0 aliphatic rings. The fourth-order valence-corrected chi connectivity index (χ4v) is 2.46. The van der Waals surface area contributed by atoms with Crippen LogP contribution in [0.1, 0.15) is 19.5 Å². The largest absolute Gasteiger partial charge is 0.497 e. The van der Waals surface area contributed by atoms with E-state index in [-0.39, 0.29) is 11.4 Å². The van der Waals surface area contributed by atoms with Crippen molar-refractivity contribution in [1.82, 2.24) is 15.1 Å². The standard InChI is InChI=1S/C18H19N3O3/c1-11(2)9-13-7-8-15(17(22)19-13)16-20-18(24-21-16)12-5-4-6-14(10-12)23-3/h4-8,10-11H,9H2,1-3H3,(H,19,22). The lowest BCUT2D eigenvalue weighted by atomic mass is 10.1. The van der Waals surface area contributed by atoms with Gasteiger partial charge in [0.25, 0.3) is 11.4 Å². The highest BCUT2D eigenvalue weighted by molar-refractivity contribution is 5.60. The van der Waals surface area contributed by atoms with E-state index in [9.17, 15) is 4.79 Å². The van der Waals surface area contributed by atoms with Gasteiger partial charge in [0.15, 0.2) is 0 Å². The van der Waals surface area contributed by atoms with E-state index in [1.54, 1.807) is 19.2 Å². The molecule has 6 heteroatoms. The molecule has 0 radical (unpaired) electrons. The molecule has 1 aromatic carbocycles. The Morgan fingerprint density at radius 2 is 2.08 bits per heavy atom. The molecule has 0 saturated carbocycles. The van der Waals surface area contributed by atoms with Crippen LogP contribution < -0.4 is 10.3 Å². The van der Waals surface area contributed by atoms with E-state index in [0.29, 0.717) is 23.1 Å². The van der Waals surface area contributed by atoms with Crippen LogP contribution in [0.5, 0.6) is 5.75 Å². The third-order valence-electron chi connectivity index (χ3n) is 3.58. The third-order valence-corrected chi connectivity index (χ3v) is 3.58. The summed E-state index contributed by atoms with van der Waals surface area (Å²) >= 11 is 0. The van der Waals surface area contributed by atoms with E-state index < -0.39 is 0 Å². The minimum absolute atomic E-state index is 0.217. The molecule has 0 atom stereocenters. The summed E-state index contributed by atoms with van der Waals surface area (Å²) in [6.45, 7) is 4.21. The number of aromatic amines is 1. The molecular weight excluding hydrogens is 306 g/mol. The van der Waals surface area contributed by atoms with Gasteiger partial charge in [-0.05, 0) is 42.7 Å². The predicted octanol–water partition coefficient (Wildman–Crippen LogP) is 3.30. The Bertz CT molecular complexity index is 896. The Morgan fingerprint density at radius 3 is 2.79 bits per heavy atom. The van der Waals surface area contributed by atoms with Crippen molar-refractivity contribution in [3.8, 4) is 28.6 Å². The summed E-state index contributed by atoms with van der Waals surface area (Å²) in [7, 11) is 1.59. The molecule has 3 rings (SSSR count). The SMILES string of the molecule is COc1cccc(-c2nc(-c3ccc(CC(C)C)[nH]c3=O)no2)c1. The van der Waals surface area contributed by atoms with Crippen LogP contribution in [0.25, 0.3) is 22.8 Å². The predicted molar refractivity (Wildman–Crippen MR) is 90.9 cm³/mol. The van der Waals surface area contributed by atoms with Crippen molar-refractivity contribution in [3.63, 3.8) is 0 Å². The average molecular weight is 325 g/mol. The number of benzene rings is 1. The van der Waals surface area contributed by atoms with Crippen molar-refractivity contribution in [3.05, 3.63) is 52.4 Å². The molecule has 0 aliphatic heterocycles. The first kappa shape index (κ1) is 16.0. The van der Waals surface area contributed by atoms with Gasteiger partial charge < -0.3 is 14.2 Å². The second kappa shape index (κ2) is 6.70. The van der Waals surface area contributed by atoms with Crippen LogP contribution in [0.15, 0.2) is 45.7 Å². The average Bonchev–Trinajstić information content (AvgIpc) is 3.04. The zero-order chi connectivity index (χ0) is 17.1. The number of ether oxygens (including phenoxy) is 1. The van der Waals surface area contributed by atoms with Crippen LogP contribution in [-0.2, 0) is 6.42 Å². The molecule has 2 aromatic heterocycles. The number of H-pyrrole nitrogens is 1. The summed E-state index contributed by atoms with van der Waals surface area (Å²) in [5.74, 6) is 1.78. The molecule has 0 amide bonds. The van der Waals surface area contributed by atoms with E-state index in [1.807, 2.05) is 24.3 Å². The molecule has 0 saturated heterocycles. The van der Waals surface area contributed by atoms with Gasteiger partial charge >= 0.3 is 0 Å². The van der Waals surface area contributed by atoms with Gasteiger partial charge in [-0.2, -0.15) is 4.98 Å². The molecule has 0 spiro atoms. The highest BCUT2D eigenvalue weighted by atomic mass is 16.5. The number of hydrogen-bond donors (Lipinski definition) is 1. The highest BCUT2D eigenvalue weighted by Crippen LogP contribution is 2.24. The Hall–Kier alpha value is -2.89. The summed E-state index contributed by atoms with van der Waals surface area (Å²) in [5, 5.41) is 3.92. The minimum Gasteiger partial charge on any atom is -0.497 e. The van der Waals surface area contributed by atoms with Gasteiger partial charge in [0.05, 0.1) is 12.7 Å². The maximum Gasteiger partial charge on any atom is 0.259 e. The number of pyridine rings is 1. The number of aromatic nitrogens is 3. The Balaban J connectivity index is 1.91. The summed E-state index contributed by atoms with van der Waals surface area (Å²) in [6.07, 6.45) is 0.816. The van der Waals surface area contributed by atoms with Gasteiger partial charge in [0.1, 0.15) is 5.75 Å². The topological polar surface area (TPSA) is 81.0 Å². The maximum atomic E-state index is 12.3. The van der Waals surface area contributed by atoms with Crippen LogP contribution in [0.4, 0.5) is 0 Å². The zero-order valence-corrected chi connectivity index (χ0v) is 13.9. The van der Waals surface area contributed by atoms with Crippen LogP contribution in [0.2, 0.25) is 0 Å². The molecule has 24 heavy (non-hydrogen) atoms. The first-order valence-corrected chi connectivity index (χ1v) is 7.77. The maximum absolute atomic E-state index is 12.3. The Labute approximate surface area is 139 Å². The van der Waals surface area contributed by atoms with Crippen LogP contribution in [-0.4, -0.2) is 22.2 Å². The Morgan fingerprint density at radius 1 is 1.25 bits per heavy atom. The lowest BCUT2D eigenvalue weighted by Gasteiger charge is -2.04. The summed E-state index contributed by atoms with van der Waals surface area (Å²) in [6, 6.07) is 10.9. The van der Waals surface area contributed by atoms with E-state index in [1.165, 1.54) is 0 Å². The van der Waals surface area contributed by atoms with Gasteiger partial charge in [-0.3, -0.25) is 4.79 Å². The third kappa shape index (κ3) is 3.37. The second-order valence-corrected chi connectivity index (χ2v) is 5.98. The van der Waals surface area contributed by atoms with Crippen molar-refractivity contribution < 1.29 is 9.26 Å². The van der Waals surface area contributed by atoms with E-state index in [0.717, 1.165) is 17.7 Å². The van der Waals surface area contributed by atoms with Gasteiger partial charge in [-0.1, -0.05) is 25.1 Å². The normalized spacial score (nSPS) is 11.0. The summed E-state index contributed by atoms with van der Waals surface area (Å²) in [4.78, 5) is 19.5. The molecule has 124 valence electrons. The zero-order valence-electron chi connectivity index (χ0n) is 13.9. The van der Waals surface area contributed by atoms with Crippen molar-refractivity contribution in [2.24, 2.45) is 5.92 Å². The van der Waals surface area contributed by atoms with E-state index in [2.05, 4.69) is 29.0 Å². The lowest BCUT2D eigenvalue weighted by Crippen LogP contribution is -2.13. The van der Waals surface area contributed by atoms with Crippen molar-refractivity contribution in [1.29, 1.82) is 0 Å². The molecule has 0 bridgehead atoms. The molecule has 0 fully saturated rings. The van der Waals surface area contributed by atoms with E-state index >= 15 is 0 Å². The molecule has 0 unspecified atom stereocenters. The van der Waals surface area contributed by atoms with Crippen LogP contribution in [0.3, 0.4) is 0 Å². The fraction of sp³-hybridized carbons (Fsp3) is 0.278. The second-order valence-electron chi connectivity index (χ2n) is 5.98. The lowest BCUT2D eigenvalue weighted by molar-refractivity contribution is 0.413. The number of hydrogen-bond acceptors (Lipinski definition) is 5. The number of nitrogens with one attached hydrogen (secondary N) is 1. The molecule has 0 aliphatic carbocycles. The van der Waals surface area contributed by atoms with Gasteiger partial charge in [0.2, 0.25) is 5.82 Å². The summed E-state index contributed by atoms with van der Waals surface area (Å²) < 4.78 is 10.5. The van der Waals surface area contributed by atoms with Crippen LogP contribution >= 0.6 is 0 Å². The quantitative estimate of drug-likeness (QED) is 0.778. The van der Waals surface area contributed by atoms with Crippen molar-refractivity contribution >= 4 is 0 Å². The first-order valence-electron chi connectivity index (χ1n) is 7.77. The fourth-order valence-electron chi connectivity index (χ4n) is 2.46. The van der Waals surface area contributed by atoms with Gasteiger partial charge in [-0.25, -0.2) is 0 Å². The number of rotatable bonds is 5. The minimum atomic E-state index is -0.217. The highest BCUT2D eigenvalue weighted by Gasteiger charge is 2.14. The van der Waals surface area contributed by atoms with E-state index in [4.69, 9.17) is 9.26 Å². The van der Waals surface area contributed by atoms with Gasteiger partial charge in [-0.15, -0.1) is 0 Å². The van der Waals surface area contributed by atoms with Gasteiger partial charge in [0, 0.05) is 11.3 Å². The van der Waals surface area contributed by atoms with Crippen LogP contribution in [0, 0.1) is 5.92 Å². The molecule has 1 N–H and O–H groups in total. The van der Waals surface area contributed by atoms with Crippen molar-refractivity contribution in [2.45, 2.75) is 20.3 Å². The molecular formula is C18H19N3O3. The smallest absolute Gasteiger partial charge is 0.259 e. The number of nitrogens with zero attached hydrogens (tertiary/aromatic N) is 2. The Kier molecular flexibility index (Phi) is 4.46. The molecule has 2 heterocycles. The molecule has 6 nitrogen and oxygen atoms in total. The van der Waals surface area contributed by atoms with Crippen molar-refractivity contribution in [2.75, 3.05) is 7.11 Å². The summed E-state index contributed by atoms with van der Waals surface area (Å²) in [5.41, 5.74) is 1.81. The first-order chi connectivity index (χ1) is 11.6. The molecule has 3 aromatic rings. The number of methoxy groups -OCH3 is 1.